The highest BCUT2D eigenvalue weighted by Crippen LogP contribution is 2.21. The van der Waals surface area contributed by atoms with Crippen LogP contribution in [0.2, 0.25) is 0 Å². The average Bonchev–Trinajstić information content (AvgIpc) is 3.16. The molecule has 0 N–H and O–H groups in total. The molecule has 176 valence electrons. The van der Waals surface area contributed by atoms with Crippen LogP contribution in [0.25, 0.3) is 11.0 Å². The molecule has 9 heteroatoms. The lowest BCUT2D eigenvalue weighted by Gasteiger charge is -2.40. The minimum absolute atomic E-state index is 0.00116. The highest BCUT2D eigenvalue weighted by atomic mass is 16.6. The van der Waals surface area contributed by atoms with Crippen LogP contribution >= 0.6 is 0 Å². The smallest absolute Gasteiger partial charge is 0.410 e. The maximum Gasteiger partial charge on any atom is 0.410 e. The van der Waals surface area contributed by atoms with Crippen LogP contribution in [0.5, 0.6) is 0 Å². The fourth-order valence-electron chi connectivity index (χ4n) is 4.03. The van der Waals surface area contributed by atoms with Gasteiger partial charge in [0.05, 0.1) is 23.7 Å². The molecule has 0 aromatic carbocycles. The number of amides is 1. The number of carbonyl (C=O) groups excluding carboxylic acids is 1. The molecule has 0 radical (unpaired) electrons. The van der Waals surface area contributed by atoms with E-state index < -0.39 is 5.60 Å². The molecule has 1 atom stereocenters. The summed E-state index contributed by atoms with van der Waals surface area (Å²) in [6.07, 6.45) is 5.82. The van der Waals surface area contributed by atoms with E-state index in [9.17, 15) is 4.79 Å². The first-order chi connectivity index (χ1) is 15.6. The second-order valence-corrected chi connectivity index (χ2v) is 9.90. The Morgan fingerprint density at radius 1 is 1.18 bits per heavy atom. The van der Waals surface area contributed by atoms with Crippen molar-refractivity contribution < 1.29 is 9.53 Å². The third kappa shape index (κ3) is 5.23. The standard InChI is InChI=1S/C24H33N7O2/c1-16(2)31-15-27-20-13-26-19(12-21(20)31)11-18-7-8-25-22(28-18)29-9-10-30(17(3)14-29)23(32)33-24(4,5)6/h7-8,12-13,15-17H,9-11,14H2,1-6H3. The van der Waals surface area contributed by atoms with Gasteiger partial charge >= 0.3 is 6.09 Å². The van der Waals surface area contributed by atoms with E-state index >= 15 is 0 Å². The number of anilines is 1. The lowest BCUT2D eigenvalue weighted by molar-refractivity contribution is 0.0158. The third-order valence-corrected chi connectivity index (χ3v) is 5.68. The number of piperazine rings is 1. The molecule has 0 saturated carbocycles. The molecule has 0 bridgehead atoms. The van der Waals surface area contributed by atoms with Gasteiger partial charge < -0.3 is 19.1 Å². The Bertz CT molecular complexity index is 1140. The number of fused-ring (bicyclic) bond motifs is 1. The van der Waals surface area contributed by atoms with E-state index in [0.717, 1.165) is 22.4 Å². The van der Waals surface area contributed by atoms with E-state index in [2.05, 4.69) is 44.3 Å². The van der Waals surface area contributed by atoms with Gasteiger partial charge in [0.1, 0.15) is 11.1 Å². The fourth-order valence-corrected chi connectivity index (χ4v) is 4.03. The van der Waals surface area contributed by atoms with Gasteiger partial charge in [-0.15, -0.1) is 0 Å². The van der Waals surface area contributed by atoms with Crippen molar-refractivity contribution in [3.63, 3.8) is 0 Å². The van der Waals surface area contributed by atoms with Gasteiger partial charge in [-0.3, -0.25) is 4.98 Å². The van der Waals surface area contributed by atoms with Crippen LogP contribution < -0.4 is 4.90 Å². The zero-order chi connectivity index (χ0) is 23.8. The van der Waals surface area contributed by atoms with Crippen LogP contribution in [-0.2, 0) is 11.2 Å². The molecule has 3 aromatic rings. The fraction of sp³-hybridized carbons (Fsp3) is 0.542. The summed E-state index contributed by atoms with van der Waals surface area (Å²) in [5.41, 5.74) is 3.32. The number of hydrogen-bond acceptors (Lipinski definition) is 7. The van der Waals surface area contributed by atoms with Gasteiger partial charge in [0.15, 0.2) is 0 Å². The first-order valence-electron chi connectivity index (χ1n) is 11.5. The van der Waals surface area contributed by atoms with E-state index in [1.807, 2.05) is 46.3 Å². The maximum atomic E-state index is 12.5. The van der Waals surface area contributed by atoms with Crippen LogP contribution in [0, 0.1) is 0 Å². The van der Waals surface area contributed by atoms with Crippen molar-refractivity contribution in [3.8, 4) is 0 Å². The second kappa shape index (κ2) is 8.96. The van der Waals surface area contributed by atoms with Crippen molar-refractivity contribution in [1.82, 2.24) is 29.4 Å². The van der Waals surface area contributed by atoms with E-state index in [0.29, 0.717) is 38.0 Å². The zero-order valence-corrected chi connectivity index (χ0v) is 20.3. The highest BCUT2D eigenvalue weighted by molar-refractivity contribution is 5.74. The van der Waals surface area contributed by atoms with Gasteiger partial charge in [-0.1, -0.05) is 0 Å². The van der Waals surface area contributed by atoms with E-state index in [-0.39, 0.29) is 12.1 Å². The number of ether oxygens (including phenoxy) is 1. The van der Waals surface area contributed by atoms with Gasteiger partial charge in [0.2, 0.25) is 5.95 Å². The van der Waals surface area contributed by atoms with E-state index in [1.54, 1.807) is 11.1 Å². The monoisotopic (exact) mass is 451 g/mol. The SMILES string of the molecule is CC1CN(c2nccc(Cc3cc4c(cn3)ncn4C(C)C)n2)CCN1C(=O)OC(C)(C)C. The van der Waals surface area contributed by atoms with Crippen LogP contribution in [0.15, 0.2) is 30.9 Å². The second-order valence-electron chi connectivity index (χ2n) is 9.90. The Morgan fingerprint density at radius 3 is 2.67 bits per heavy atom. The van der Waals surface area contributed by atoms with Gasteiger partial charge in [-0.25, -0.2) is 19.7 Å². The summed E-state index contributed by atoms with van der Waals surface area (Å²) >= 11 is 0. The van der Waals surface area contributed by atoms with E-state index in [1.165, 1.54) is 0 Å². The van der Waals surface area contributed by atoms with Crippen LogP contribution in [0.1, 0.15) is 59.0 Å². The van der Waals surface area contributed by atoms with Gasteiger partial charge in [-0.2, -0.15) is 0 Å². The highest BCUT2D eigenvalue weighted by Gasteiger charge is 2.31. The molecule has 0 spiro atoms. The molecule has 3 aromatic heterocycles. The quantitative estimate of drug-likeness (QED) is 0.595. The summed E-state index contributed by atoms with van der Waals surface area (Å²) in [6.45, 7) is 13.8. The van der Waals surface area contributed by atoms with E-state index in [4.69, 9.17) is 9.72 Å². The number of pyridine rings is 1. The number of rotatable bonds is 4. The Hall–Kier alpha value is -3.23. The molecular formula is C24H33N7O2. The predicted octanol–water partition coefficient (Wildman–Crippen LogP) is 3.84. The van der Waals surface area contributed by atoms with Crippen LogP contribution in [0.3, 0.4) is 0 Å². The van der Waals surface area contributed by atoms with Crippen molar-refractivity contribution >= 4 is 23.1 Å². The lowest BCUT2D eigenvalue weighted by Crippen LogP contribution is -2.55. The molecule has 1 aliphatic rings. The molecule has 1 saturated heterocycles. The first-order valence-corrected chi connectivity index (χ1v) is 11.5. The zero-order valence-electron chi connectivity index (χ0n) is 20.3. The molecule has 1 unspecified atom stereocenters. The molecule has 0 aliphatic carbocycles. The minimum Gasteiger partial charge on any atom is -0.444 e. The van der Waals surface area contributed by atoms with Crippen LogP contribution in [-0.4, -0.2) is 66.8 Å². The summed E-state index contributed by atoms with van der Waals surface area (Å²) in [7, 11) is 0. The maximum absolute atomic E-state index is 12.5. The first kappa shape index (κ1) is 22.9. The number of hydrogen-bond donors (Lipinski definition) is 0. The lowest BCUT2D eigenvalue weighted by atomic mass is 10.2. The summed E-state index contributed by atoms with van der Waals surface area (Å²) in [6, 6.07) is 4.35. The number of nitrogens with zero attached hydrogens (tertiary/aromatic N) is 7. The Balaban J connectivity index is 1.46. The molecule has 1 aliphatic heterocycles. The Labute approximate surface area is 194 Å². The summed E-state index contributed by atoms with van der Waals surface area (Å²) < 4.78 is 7.70. The minimum atomic E-state index is -0.505. The van der Waals surface area contributed by atoms with Crippen molar-refractivity contribution in [2.75, 3.05) is 24.5 Å². The molecule has 33 heavy (non-hydrogen) atoms. The van der Waals surface area contributed by atoms with Crippen LogP contribution in [0.4, 0.5) is 10.7 Å². The largest absolute Gasteiger partial charge is 0.444 e. The van der Waals surface area contributed by atoms with Crippen molar-refractivity contribution in [3.05, 3.63) is 42.2 Å². The molecule has 9 nitrogen and oxygen atoms in total. The van der Waals surface area contributed by atoms with Gasteiger partial charge in [0, 0.05) is 50.0 Å². The van der Waals surface area contributed by atoms with Crippen molar-refractivity contribution in [2.24, 2.45) is 0 Å². The number of carbonyl (C=O) groups is 1. The molecule has 1 amide bonds. The number of aromatic nitrogens is 5. The van der Waals surface area contributed by atoms with Gasteiger partial charge in [0.25, 0.3) is 0 Å². The van der Waals surface area contributed by atoms with Crippen molar-refractivity contribution in [1.29, 1.82) is 0 Å². The van der Waals surface area contributed by atoms with Gasteiger partial charge in [-0.05, 0) is 53.7 Å². The summed E-state index contributed by atoms with van der Waals surface area (Å²) in [5.74, 6) is 0.677. The molecule has 4 rings (SSSR count). The van der Waals surface area contributed by atoms with Crippen molar-refractivity contribution in [2.45, 2.75) is 65.6 Å². The molecule has 4 heterocycles. The molecule has 1 fully saturated rings. The average molecular weight is 452 g/mol. The normalized spacial score (nSPS) is 17.1. The topological polar surface area (TPSA) is 89.3 Å². The molecular weight excluding hydrogens is 418 g/mol. The summed E-state index contributed by atoms with van der Waals surface area (Å²) in [4.78, 5) is 34.7. The number of imidazole rings is 1. The Kier molecular flexibility index (Phi) is 6.23. The third-order valence-electron chi connectivity index (χ3n) is 5.68. The predicted molar refractivity (Wildman–Crippen MR) is 127 cm³/mol. The summed E-state index contributed by atoms with van der Waals surface area (Å²) in [5, 5.41) is 0. The Morgan fingerprint density at radius 2 is 1.97 bits per heavy atom.